The lowest BCUT2D eigenvalue weighted by Crippen LogP contribution is -1.93. The van der Waals surface area contributed by atoms with Crippen LogP contribution in [0.2, 0.25) is 0 Å². The third-order valence-electron chi connectivity index (χ3n) is 0. The van der Waals surface area contributed by atoms with E-state index >= 15 is 0 Å². The van der Waals surface area contributed by atoms with Gasteiger partial charge in [-0.25, -0.2) is 0 Å². The molecule has 0 aliphatic heterocycles. The molecule has 0 amide bonds. The first kappa shape index (κ1) is 22.4. The van der Waals surface area contributed by atoms with E-state index < -0.39 is 0 Å². The molecule has 0 fully saturated rings. The summed E-state index contributed by atoms with van der Waals surface area (Å²) in [4.78, 5) is 0. The van der Waals surface area contributed by atoms with Crippen LogP contribution in [0.1, 0.15) is 27.7 Å². The highest BCUT2D eigenvalue weighted by molar-refractivity contribution is 4.47. The molecule has 11 heavy (non-hydrogen) atoms. The number of hydrogen-bond donors (Lipinski definition) is 0. The summed E-state index contributed by atoms with van der Waals surface area (Å²) < 4.78 is 48.0. The predicted octanol–water partition coefficient (Wildman–Crippen LogP) is 4.57. The zero-order valence-electron chi connectivity index (χ0n) is 6.77. The normalized spacial score (nSPS) is 7.09. The van der Waals surface area contributed by atoms with E-state index in [4.69, 9.17) is 27.4 Å². The molecule has 0 saturated carbocycles. The van der Waals surface area contributed by atoms with Gasteiger partial charge in [0.15, 0.2) is 0 Å². The summed E-state index contributed by atoms with van der Waals surface area (Å²) in [5, 5.41) is 0. The summed E-state index contributed by atoms with van der Waals surface area (Å²) in [6.45, 7) is 8.75. The van der Waals surface area contributed by atoms with Gasteiger partial charge >= 0.3 is 0 Å². The van der Waals surface area contributed by atoms with Gasteiger partial charge in [-0.15, -0.1) is 0 Å². The summed E-state index contributed by atoms with van der Waals surface area (Å²) in [5.41, 5.74) is 0.500. The quantitative estimate of drug-likeness (QED) is 0.486. The third-order valence-corrected chi connectivity index (χ3v) is 0. The Morgan fingerprint density at radius 1 is 0.545 bits per heavy atom. The highest BCUT2D eigenvalue weighted by Crippen LogP contribution is 2.07. The minimum Gasteiger partial charge on any atom is -0.0604 e. The van der Waals surface area contributed by atoms with E-state index in [0.29, 0.717) is 5.41 Å². The summed E-state index contributed by atoms with van der Waals surface area (Å²) in [7, 11) is 0. The second-order valence-electron chi connectivity index (χ2n) is 3.00. The van der Waals surface area contributed by atoms with Crippen LogP contribution in [0.3, 0.4) is 0 Å². The molecule has 74 valence electrons. The number of hydrogen-bond acceptors (Lipinski definition) is 0. The van der Waals surface area contributed by atoms with Crippen LogP contribution in [0.4, 0.5) is 27.4 Å². The Balaban J connectivity index is -0.0000000350. The van der Waals surface area contributed by atoms with Gasteiger partial charge in [-0.3, -0.25) is 0 Å². The van der Waals surface area contributed by atoms with Crippen molar-refractivity contribution in [2.45, 2.75) is 27.7 Å². The van der Waals surface area contributed by atoms with E-state index in [2.05, 4.69) is 27.7 Å². The molecule has 0 rings (SSSR count). The maximum absolute atomic E-state index is 8.00. The van der Waals surface area contributed by atoms with Gasteiger partial charge in [0.05, 0.1) is 0 Å². The van der Waals surface area contributed by atoms with Crippen molar-refractivity contribution < 1.29 is 27.4 Å². The maximum Gasteiger partial charge on any atom is 0 e. The SMILES string of the molecule is CC(C)(C)C.FF.FF.FF. The van der Waals surface area contributed by atoms with Crippen LogP contribution < -0.4 is 0 Å². The molecule has 0 unspecified atom stereocenters. The Bertz CT molecular complexity index is 26.4. The molecule has 0 heterocycles. The predicted molar refractivity (Wildman–Crippen MR) is 31.8 cm³/mol. The van der Waals surface area contributed by atoms with Crippen LogP contribution in [0.5, 0.6) is 0 Å². The monoisotopic (exact) mass is 186 g/mol. The van der Waals surface area contributed by atoms with Crippen molar-refractivity contribution in [3.05, 3.63) is 0 Å². The molecule has 0 aromatic heterocycles. The molecule has 0 aliphatic carbocycles. The van der Waals surface area contributed by atoms with Crippen molar-refractivity contribution in [1.82, 2.24) is 0 Å². The molecule has 0 atom stereocenters. The van der Waals surface area contributed by atoms with Gasteiger partial charge in [0.1, 0.15) is 0 Å². The molecule has 0 bridgehead atoms. The zero-order chi connectivity index (χ0) is 10.5. The minimum atomic E-state index is 0.500. The van der Waals surface area contributed by atoms with Gasteiger partial charge in [-0.2, -0.15) is 0 Å². The average molecular weight is 186 g/mol. The van der Waals surface area contributed by atoms with E-state index in [0.717, 1.165) is 0 Å². The topological polar surface area (TPSA) is 0 Å². The summed E-state index contributed by atoms with van der Waals surface area (Å²) in [5.74, 6) is 0. The van der Waals surface area contributed by atoms with Gasteiger partial charge in [-0.05, 0) is 5.41 Å². The van der Waals surface area contributed by atoms with Crippen LogP contribution in [0.15, 0.2) is 0 Å². The van der Waals surface area contributed by atoms with E-state index in [-0.39, 0.29) is 0 Å². The van der Waals surface area contributed by atoms with E-state index in [1.165, 1.54) is 0 Å². The van der Waals surface area contributed by atoms with Crippen molar-refractivity contribution in [3.63, 3.8) is 0 Å². The van der Waals surface area contributed by atoms with Gasteiger partial charge in [0.25, 0.3) is 0 Å². The molecule has 0 aromatic rings. The number of halogens is 6. The molecule has 0 nitrogen and oxygen atoms in total. The third kappa shape index (κ3) is 3120. The van der Waals surface area contributed by atoms with Crippen LogP contribution in [-0.4, -0.2) is 0 Å². The smallest absolute Gasteiger partial charge is 0 e. The maximum atomic E-state index is 8.00. The number of rotatable bonds is 0. The minimum absolute atomic E-state index is 0.500. The lowest BCUT2D eigenvalue weighted by molar-refractivity contribution is 0.108. The van der Waals surface area contributed by atoms with Gasteiger partial charge in [0.2, 0.25) is 0 Å². The molecule has 0 radical (unpaired) electrons. The Morgan fingerprint density at radius 3 is 0.545 bits per heavy atom. The van der Waals surface area contributed by atoms with Crippen molar-refractivity contribution in [2.75, 3.05) is 0 Å². The molecule has 0 saturated heterocycles. The molecular formula is C5H12F6. The zero-order valence-corrected chi connectivity index (χ0v) is 6.77. The van der Waals surface area contributed by atoms with Crippen LogP contribution >= 0.6 is 0 Å². The van der Waals surface area contributed by atoms with E-state index in [1.807, 2.05) is 0 Å². The molecule has 6 heteroatoms. The first-order chi connectivity index (χ1) is 5.00. The second kappa shape index (κ2) is 22.7. The lowest BCUT2D eigenvalue weighted by Gasteiger charge is -2.05. The van der Waals surface area contributed by atoms with E-state index in [1.54, 1.807) is 0 Å². The van der Waals surface area contributed by atoms with Crippen molar-refractivity contribution in [3.8, 4) is 0 Å². The standard InChI is InChI=1S/C5H12.3F2/c1-5(2,3)4;3*1-2/h1-4H3;;;. The van der Waals surface area contributed by atoms with E-state index in [9.17, 15) is 0 Å². The fraction of sp³-hybridized carbons (Fsp3) is 1.00. The van der Waals surface area contributed by atoms with Crippen LogP contribution in [0.25, 0.3) is 0 Å². The van der Waals surface area contributed by atoms with Crippen LogP contribution in [0, 0.1) is 5.41 Å². The highest BCUT2D eigenvalue weighted by atomic mass is 20.0. The molecule has 0 spiro atoms. The average Bonchev–Trinajstić information content (AvgIpc) is 1.96. The molecular weight excluding hydrogens is 174 g/mol. The van der Waals surface area contributed by atoms with Gasteiger partial charge in [0, 0.05) is 27.4 Å². The Hall–Kier alpha value is -0.420. The van der Waals surface area contributed by atoms with Crippen LogP contribution in [-0.2, 0) is 0 Å². The fourth-order valence-corrected chi connectivity index (χ4v) is 0. The van der Waals surface area contributed by atoms with Crippen molar-refractivity contribution >= 4 is 0 Å². The molecule has 0 aliphatic rings. The summed E-state index contributed by atoms with van der Waals surface area (Å²) in [6, 6.07) is 0. The van der Waals surface area contributed by atoms with Gasteiger partial charge < -0.3 is 0 Å². The lowest BCUT2D eigenvalue weighted by atomic mass is 10.0. The molecule has 0 N–H and O–H groups in total. The summed E-state index contributed by atoms with van der Waals surface area (Å²) >= 11 is 0. The second-order valence-corrected chi connectivity index (χ2v) is 3.00. The largest absolute Gasteiger partial charge is 0.0604 e. The Labute approximate surface area is 61.8 Å². The molecule has 0 aromatic carbocycles. The van der Waals surface area contributed by atoms with Gasteiger partial charge in [-0.1, -0.05) is 27.7 Å². The van der Waals surface area contributed by atoms with Crippen molar-refractivity contribution in [1.29, 1.82) is 0 Å². The Morgan fingerprint density at radius 2 is 0.545 bits per heavy atom. The highest BCUT2D eigenvalue weighted by Gasteiger charge is 1.95. The first-order valence-electron chi connectivity index (χ1n) is 2.43. The first-order valence-corrected chi connectivity index (χ1v) is 2.43. The summed E-state index contributed by atoms with van der Waals surface area (Å²) in [6.07, 6.45) is 0. The fourth-order valence-electron chi connectivity index (χ4n) is 0. The Kier molecular flexibility index (Phi) is 46.2. The van der Waals surface area contributed by atoms with Crippen molar-refractivity contribution in [2.24, 2.45) is 5.41 Å².